The normalized spacial score (nSPS) is 12.6. The molecule has 0 amide bonds. The molecule has 1 atom stereocenters. The van der Waals surface area contributed by atoms with Crippen LogP contribution in [-0.2, 0) is 0 Å². The van der Waals surface area contributed by atoms with Gasteiger partial charge in [0.2, 0.25) is 5.95 Å². The van der Waals surface area contributed by atoms with Crippen LogP contribution in [0.1, 0.15) is 34.1 Å². The van der Waals surface area contributed by atoms with E-state index in [-0.39, 0.29) is 30.2 Å². The summed E-state index contributed by atoms with van der Waals surface area (Å²) in [5.41, 5.74) is 5.53. The number of hydrogen-bond donors (Lipinski definition) is 1. The average Bonchev–Trinajstić information content (AvgIpc) is 2.15. The molecular weight excluding hydrogens is 208 g/mol. The fourth-order valence-corrected chi connectivity index (χ4v) is 0.932. The Hall–Kier alpha value is -1.59. The van der Waals surface area contributed by atoms with E-state index in [1.807, 2.05) is 27.7 Å². The molecule has 0 aromatic carbocycles. The van der Waals surface area contributed by atoms with Crippen LogP contribution in [0, 0.1) is 0 Å². The first-order valence-electron chi connectivity index (χ1n) is 5.36. The second kappa shape index (κ2) is 5.48. The van der Waals surface area contributed by atoms with E-state index in [1.165, 1.54) is 0 Å². The predicted octanol–water partition coefficient (Wildman–Crippen LogP) is 1.42. The standard InChI is InChI=1S/C10H18N4O2/c1-5-7(4)16-10-13-8(11)12-9(14-10)15-6(2)3/h6-7H,5H2,1-4H3,(H2,11,12,13,14). The first-order valence-corrected chi connectivity index (χ1v) is 5.36. The summed E-state index contributed by atoms with van der Waals surface area (Å²) >= 11 is 0. The summed E-state index contributed by atoms with van der Waals surface area (Å²) in [4.78, 5) is 11.8. The van der Waals surface area contributed by atoms with Crippen LogP contribution in [0.15, 0.2) is 0 Å². The largest absolute Gasteiger partial charge is 0.461 e. The van der Waals surface area contributed by atoms with Gasteiger partial charge in [0.1, 0.15) is 0 Å². The van der Waals surface area contributed by atoms with Crippen molar-refractivity contribution < 1.29 is 9.47 Å². The Balaban J connectivity index is 2.81. The van der Waals surface area contributed by atoms with Crippen molar-refractivity contribution in [3.63, 3.8) is 0 Å². The van der Waals surface area contributed by atoms with Gasteiger partial charge in [-0.2, -0.15) is 9.97 Å². The Morgan fingerprint density at radius 3 is 2.12 bits per heavy atom. The molecule has 0 saturated heterocycles. The Labute approximate surface area is 95.2 Å². The molecule has 6 nitrogen and oxygen atoms in total. The van der Waals surface area contributed by atoms with Crippen LogP contribution in [-0.4, -0.2) is 27.2 Å². The first-order chi connectivity index (χ1) is 7.51. The highest BCUT2D eigenvalue weighted by Gasteiger charge is 2.10. The fraction of sp³-hybridized carbons (Fsp3) is 0.700. The van der Waals surface area contributed by atoms with Gasteiger partial charge in [-0.05, 0) is 27.2 Å². The monoisotopic (exact) mass is 226 g/mol. The van der Waals surface area contributed by atoms with Gasteiger partial charge in [-0.25, -0.2) is 0 Å². The number of nitrogen functional groups attached to an aromatic ring is 1. The van der Waals surface area contributed by atoms with Gasteiger partial charge in [-0.3, -0.25) is 0 Å². The van der Waals surface area contributed by atoms with Crippen molar-refractivity contribution >= 4 is 5.95 Å². The molecular formula is C10H18N4O2. The summed E-state index contributed by atoms with van der Waals surface area (Å²) < 4.78 is 10.8. The molecule has 6 heteroatoms. The van der Waals surface area contributed by atoms with Crippen molar-refractivity contribution in [2.45, 2.75) is 46.3 Å². The van der Waals surface area contributed by atoms with E-state index in [2.05, 4.69) is 15.0 Å². The van der Waals surface area contributed by atoms with E-state index in [4.69, 9.17) is 15.2 Å². The molecule has 16 heavy (non-hydrogen) atoms. The number of nitrogens with zero attached hydrogens (tertiary/aromatic N) is 3. The number of nitrogens with two attached hydrogens (primary N) is 1. The molecule has 1 rings (SSSR count). The molecule has 1 aromatic rings. The van der Waals surface area contributed by atoms with Crippen LogP contribution in [0.25, 0.3) is 0 Å². The minimum Gasteiger partial charge on any atom is -0.461 e. The smallest absolute Gasteiger partial charge is 0.324 e. The predicted molar refractivity (Wildman–Crippen MR) is 60.4 cm³/mol. The molecule has 2 N–H and O–H groups in total. The van der Waals surface area contributed by atoms with Crippen LogP contribution in [0.2, 0.25) is 0 Å². The Kier molecular flexibility index (Phi) is 4.28. The highest BCUT2D eigenvalue weighted by atomic mass is 16.5. The SMILES string of the molecule is CCC(C)Oc1nc(N)nc(OC(C)C)n1. The highest BCUT2D eigenvalue weighted by molar-refractivity contribution is 5.20. The highest BCUT2D eigenvalue weighted by Crippen LogP contribution is 2.13. The number of hydrogen-bond acceptors (Lipinski definition) is 6. The Morgan fingerprint density at radius 2 is 1.62 bits per heavy atom. The topological polar surface area (TPSA) is 83.2 Å². The molecule has 90 valence electrons. The number of anilines is 1. The zero-order chi connectivity index (χ0) is 12.1. The van der Waals surface area contributed by atoms with Crippen molar-refractivity contribution in [1.29, 1.82) is 0 Å². The van der Waals surface area contributed by atoms with E-state index in [9.17, 15) is 0 Å². The van der Waals surface area contributed by atoms with Crippen LogP contribution in [0.4, 0.5) is 5.95 Å². The maximum Gasteiger partial charge on any atom is 0.324 e. The molecule has 0 aliphatic carbocycles. The third-order valence-electron chi connectivity index (χ3n) is 1.83. The number of aromatic nitrogens is 3. The second-order valence-electron chi connectivity index (χ2n) is 3.76. The third kappa shape index (κ3) is 3.88. The molecule has 0 aliphatic rings. The number of rotatable bonds is 5. The first kappa shape index (κ1) is 12.5. The Morgan fingerprint density at radius 1 is 1.06 bits per heavy atom. The van der Waals surface area contributed by atoms with E-state index >= 15 is 0 Å². The van der Waals surface area contributed by atoms with Gasteiger partial charge in [0.25, 0.3) is 0 Å². The molecule has 0 bridgehead atoms. The van der Waals surface area contributed by atoms with Gasteiger partial charge in [-0.15, -0.1) is 4.98 Å². The summed E-state index contributed by atoms with van der Waals surface area (Å²) in [7, 11) is 0. The maximum absolute atomic E-state index is 5.53. The lowest BCUT2D eigenvalue weighted by Crippen LogP contribution is -2.15. The van der Waals surface area contributed by atoms with Gasteiger partial charge in [0.05, 0.1) is 12.2 Å². The molecule has 0 aliphatic heterocycles. The zero-order valence-electron chi connectivity index (χ0n) is 10.1. The van der Waals surface area contributed by atoms with E-state index in [0.717, 1.165) is 6.42 Å². The molecule has 1 heterocycles. The minimum absolute atomic E-state index is 0.0155. The lowest BCUT2D eigenvalue weighted by molar-refractivity contribution is 0.184. The van der Waals surface area contributed by atoms with Crippen LogP contribution in [0.5, 0.6) is 12.0 Å². The second-order valence-corrected chi connectivity index (χ2v) is 3.76. The van der Waals surface area contributed by atoms with Crippen molar-refractivity contribution in [3.05, 3.63) is 0 Å². The fourth-order valence-electron chi connectivity index (χ4n) is 0.932. The van der Waals surface area contributed by atoms with Crippen LogP contribution in [0.3, 0.4) is 0 Å². The van der Waals surface area contributed by atoms with Crippen LogP contribution < -0.4 is 15.2 Å². The quantitative estimate of drug-likeness (QED) is 0.817. The van der Waals surface area contributed by atoms with Crippen molar-refractivity contribution in [2.24, 2.45) is 0 Å². The lowest BCUT2D eigenvalue weighted by Gasteiger charge is -2.12. The molecule has 0 spiro atoms. The van der Waals surface area contributed by atoms with Gasteiger partial charge < -0.3 is 15.2 Å². The summed E-state index contributed by atoms with van der Waals surface area (Å²) in [6, 6.07) is 0.401. The van der Waals surface area contributed by atoms with E-state index in [0.29, 0.717) is 0 Å². The van der Waals surface area contributed by atoms with E-state index in [1.54, 1.807) is 0 Å². The van der Waals surface area contributed by atoms with Gasteiger partial charge >= 0.3 is 12.0 Å². The lowest BCUT2D eigenvalue weighted by atomic mass is 10.3. The summed E-state index contributed by atoms with van der Waals surface area (Å²) in [5.74, 6) is 0.101. The molecule has 0 fully saturated rings. The van der Waals surface area contributed by atoms with Gasteiger partial charge in [0, 0.05) is 0 Å². The van der Waals surface area contributed by atoms with Crippen molar-refractivity contribution in [1.82, 2.24) is 15.0 Å². The number of ether oxygens (including phenoxy) is 2. The van der Waals surface area contributed by atoms with Crippen LogP contribution >= 0.6 is 0 Å². The molecule has 1 aromatic heterocycles. The Bertz CT molecular complexity index is 344. The van der Waals surface area contributed by atoms with Crippen molar-refractivity contribution in [2.75, 3.05) is 5.73 Å². The summed E-state index contributed by atoms with van der Waals surface area (Å²) in [5, 5.41) is 0. The maximum atomic E-state index is 5.53. The average molecular weight is 226 g/mol. The molecule has 0 saturated carbocycles. The zero-order valence-corrected chi connectivity index (χ0v) is 10.1. The molecule has 0 radical (unpaired) electrons. The third-order valence-corrected chi connectivity index (χ3v) is 1.83. The van der Waals surface area contributed by atoms with E-state index < -0.39 is 0 Å². The van der Waals surface area contributed by atoms with Crippen molar-refractivity contribution in [3.8, 4) is 12.0 Å². The van der Waals surface area contributed by atoms with Gasteiger partial charge in [-0.1, -0.05) is 6.92 Å². The van der Waals surface area contributed by atoms with Gasteiger partial charge in [0.15, 0.2) is 0 Å². The summed E-state index contributed by atoms with van der Waals surface area (Å²) in [6.07, 6.45) is 0.887. The minimum atomic E-state index is -0.0155. The molecule has 1 unspecified atom stereocenters. The summed E-state index contributed by atoms with van der Waals surface area (Å²) in [6.45, 7) is 7.72.